The Labute approximate surface area is 529 Å². The third-order valence-corrected chi connectivity index (χ3v) is 23.7. The summed E-state index contributed by atoms with van der Waals surface area (Å²) in [7, 11) is -4.72. The van der Waals surface area contributed by atoms with Crippen LogP contribution in [0.1, 0.15) is 163 Å². The molecule has 12 nitrogen and oxygen atoms in total. The summed E-state index contributed by atoms with van der Waals surface area (Å²) >= 11 is 0. The first-order valence-electron chi connectivity index (χ1n) is 32.8. The van der Waals surface area contributed by atoms with Gasteiger partial charge in [0.15, 0.2) is 5.96 Å². The maximum Gasteiger partial charge on any atom is 0.268 e. The summed E-state index contributed by atoms with van der Waals surface area (Å²) in [6.07, 6.45) is 8.82. The number of nitrogens with zero attached hydrogens (tertiary/aromatic N) is 1. The zero-order valence-corrected chi connectivity index (χ0v) is 52.0. The minimum absolute atomic E-state index is 0.0165. The molecule has 7 aromatic rings. The average molecular weight is 1230 g/mol. The number of hydrogen-bond donors (Lipinski definition) is 7. The molecular weight excluding hydrogens is 1140 g/mol. The summed E-state index contributed by atoms with van der Waals surface area (Å²) in [4.78, 5) is 5.36. The molecule has 0 spiro atoms. The predicted molar refractivity (Wildman–Crippen MR) is 351 cm³/mol. The molecule has 7 aromatic carbocycles. The van der Waals surface area contributed by atoms with E-state index in [4.69, 9.17) is 25.9 Å². The van der Waals surface area contributed by atoms with E-state index < -0.39 is 62.6 Å². The van der Waals surface area contributed by atoms with Gasteiger partial charge in [0.25, 0.3) is 10.1 Å². The van der Waals surface area contributed by atoms with E-state index in [1.165, 1.54) is 0 Å². The summed E-state index contributed by atoms with van der Waals surface area (Å²) in [6, 6.07) is 52.9. The minimum atomic E-state index is -4.72. The fraction of sp³-hybridized carbons (Fsp3) is 0.416. The number of aliphatic hydroxyl groups is 3. The second kappa shape index (κ2) is 24.4. The van der Waals surface area contributed by atoms with Crippen LogP contribution in [-0.2, 0) is 39.8 Å². The SMILES string of the molecule is C[C@H]1CCc2cc3ccc2[C@H]1C[C@@H](S(=O)(=O)O)[C@H]1C=C2C[C@H](C[C@H]4C[C@@H](CO)CC#Cc5cc(O)ccc5[C@@H]2O4)[C@@H]1c1ccc(cc1)[C@](N=C(N)N)([C@H]1CC[C@H]2CC[C@@H](c4ccc([C@@H](O)Cc5cccc6ccccc56)cc4)C[C@@]2(O)[C@@H]1Cc1ccccc1)O3. The molecule has 9 N–H and O–H groups in total. The first-order chi connectivity index (χ1) is 43.5. The predicted octanol–water partition coefficient (Wildman–Crippen LogP) is 13.2. The number of phenols is 1. The van der Waals surface area contributed by atoms with Gasteiger partial charge in [-0.15, -0.1) is 0 Å². The van der Waals surface area contributed by atoms with Gasteiger partial charge < -0.3 is 41.4 Å². The van der Waals surface area contributed by atoms with E-state index in [0.717, 1.165) is 86.5 Å². The topological polar surface area (TPSA) is 218 Å². The van der Waals surface area contributed by atoms with Gasteiger partial charge in [0.05, 0.1) is 23.1 Å². The smallest absolute Gasteiger partial charge is 0.268 e. The third-order valence-electron chi connectivity index (χ3n) is 22.5. The number of aryl methyl sites for hydroxylation is 1. The van der Waals surface area contributed by atoms with Gasteiger partial charge in [-0.1, -0.05) is 158 Å². The highest BCUT2D eigenvalue weighted by atomic mass is 32.2. The van der Waals surface area contributed by atoms with Crippen molar-refractivity contribution in [1.82, 2.24) is 0 Å². The maximum absolute atomic E-state index is 14.6. The summed E-state index contributed by atoms with van der Waals surface area (Å²) in [5.74, 6) is 4.51. The molecule has 466 valence electrons. The lowest BCUT2D eigenvalue weighted by Crippen LogP contribution is -2.60. The molecule has 4 aliphatic carbocycles. The largest absolute Gasteiger partial charge is 0.508 e. The van der Waals surface area contributed by atoms with Gasteiger partial charge in [0.1, 0.15) is 17.6 Å². The number of hydrogen-bond acceptors (Lipinski definition) is 9. The fourth-order valence-corrected chi connectivity index (χ4v) is 19.2. The van der Waals surface area contributed by atoms with Crippen molar-refractivity contribution in [1.29, 1.82) is 0 Å². The highest BCUT2D eigenvalue weighted by molar-refractivity contribution is 7.86. The van der Waals surface area contributed by atoms with Crippen LogP contribution in [0.5, 0.6) is 11.5 Å². The van der Waals surface area contributed by atoms with Gasteiger partial charge in [-0.05, 0) is 198 Å². The molecule has 9 aliphatic rings. The molecule has 3 fully saturated rings. The van der Waals surface area contributed by atoms with Gasteiger partial charge in [-0.2, -0.15) is 8.42 Å². The maximum atomic E-state index is 14.6. The second-order valence-corrected chi connectivity index (χ2v) is 29.3. The molecule has 16 rings (SSSR count). The van der Waals surface area contributed by atoms with Gasteiger partial charge >= 0.3 is 0 Å². The highest BCUT2D eigenvalue weighted by Crippen LogP contribution is 2.60. The number of nitrogens with two attached hydrogens (primary N) is 2. The van der Waals surface area contributed by atoms with Crippen molar-refractivity contribution in [2.75, 3.05) is 6.61 Å². The first-order valence-corrected chi connectivity index (χ1v) is 34.3. The zero-order valence-electron chi connectivity index (χ0n) is 51.2. The number of rotatable bonds is 10. The van der Waals surface area contributed by atoms with Crippen molar-refractivity contribution in [3.05, 3.63) is 225 Å². The van der Waals surface area contributed by atoms with Crippen LogP contribution in [0.3, 0.4) is 0 Å². The van der Waals surface area contributed by atoms with Crippen molar-refractivity contribution < 1.29 is 42.9 Å². The Morgan fingerprint density at radius 1 is 0.811 bits per heavy atom. The standard InChI is InChI=1S/C77H83N3O9S/c1-46-17-18-55-39-62-31-33-65(55)67(46)43-72(90(85,86)87)68-41-58-37-57(40-63-35-48(45-81)11-7-14-53-38-61(82)30-32-66(53)74(58)88-63)73(68)52-23-27-60(28-24-52)77(89-62,80-75(78)79)69-34-29-59-26-25-56(44-76(59,84)70(69)36-47-9-3-2-4-10-47)49-19-21-51(22-20-49)71(83)42-54-15-8-13-50-12-5-6-16-64(50)54/h2-6,8-10,12-13,15-16,19-24,27-28,30-33,38-39,41,46,48,56-57,59,63,67-74,81-84H,11,17-18,25-26,29,34-37,40,42-45H2,1H3,(H4,78,79,80)(H,85,86,87)/t46-,48-,56+,57+,59+,63+,67-,68+,69-,70+,71-,72+,73-,74+,76-,77+/m0/s1. The Morgan fingerprint density at radius 3 is 2.36 bits per heavy atom. The summed E-state index contributed by atoms with van der Waals surface area (Å²) in [5.41, 5.74) is 20.8. The van der Waals surface area contributed by atoms with E-state index in [9.17, 15) is 33.4 Å². The number of aliphatic hydroxyl groups excluding tert-OH is 2. The number of ether oxygens (including phenoxy) is 2. The van der Waals surface area contributed by atoms with Crippen LogP contribution in [0.2, 0.25) is 0 Å². The first kappa shape index (κ1) is 60.3. The van der Waals surface area contributed by atoms with Crippen molar-refractivity contribution in [2.45, 2.75) is 149 Å². The molecule has 13 heteroatoms. The van der Waals surface area contributed by atoms with Crippen molar-refractivity contribution >= 4 is 26.9 Å². The lowest BCUT2D eigenvalue weighted by Gasteiger charge is -2.57. The van der Waals surface area contributed by atoms with Gasteiger partial charge in [0, 0.05) is 53.9 Å². The number of fused-ring (bicyclic) bond motifs is 11. The monoisotopic (exact) mass is 1230 g/mol. The molecule has 1 saturated heterocycles. The zero-order chi connectivity index (χ0) is 62.1. The number of aliphatic imine (C=N–C) groups is 1. The van der Waals surface area contributed by atoms with Gasteiger partial charge in [-0.25, -0.2) is 4.99 Å². The van der Waals surface area contributed by atoms with Crippen LogP contribution in [0, 0.1) is 53.3 Å². The number of benzene rings is 7. The van der Waals surface area contributed by atoms with Crippen molar-refractivity contribution in [3.63, 3.8) is 0 Å². The van der Waals surface area contributed by atoms with E-state index in [0.29, 0.717) is 74.7 Å². The number of guanidine groups is 1. The molecule has 5 aliphatic heterocycles. The Hall–Kier alpha value is -7.28. The van der Waals surface area contributed by atoms with Crippen LogP contribution in [0.25, 0.3) is 10.8 Å². The Bertz CT molecular complexity index is 4040. The average Bonchev–Trinajstić information content (AvgIpc) is 0.874. The van der Waals surface area contributed by atoms with E-state index in [-0.39, 0.29) is 66.3 Å². The van der Waals surface area contributed by atoms with Crippen molar-refractivity contribution in [2.24, 2.45) is 57.9 Å². The normalized spacial score (nSPS) is 31.5. The molecule has 0 radical (unpaired) electrons. The number of phenolic OH excluding ortho intramolecular Hbond substituents is 1. The highest BCUT2D eigenvalue weighted by Gasteiger charge is 2.60. The number of aromatic hydroxyl groups is 1. The Balaban J connectivity index is 0.889. The summed E-state index contributed by atoms with van der Waals surface area (Å²) < 4.78 is 56.0. The van der Waals surface area contributed by atoms with E-state index in [1.54, 1.807) is 12.1 Å². The van der Waals surface area contributed by atoms with Gasteiger partial charge in [-0.3, -0.25) is 4.55 Å². The molecule has 5 heterocycles. The Morgan fingerprint density at radius 2 is 1.57 bits per heavy atom. The van der Waals surface area contributed by atoms with Crippen LogP contribution in [0.15, 0.2) is 174 Å². The minimum Gasteiger partial charge on any atom is -0.508 e. The molecule has 0 unspecified atom stereocenters. The lowest BCUT2D eigenvalue weighted by atomic mass is 9.53. The van der Waals surface area contributed by atoms with E-state index in [1.807, 2.05) is 60.7 Å². The van der Waals surface area contributed by atoms with Crippen LogP contribution < -0.4 is 16.2 Å². The lowest BCUT2D eigenvalue weighted by molar-refractivity contribution is -0.177. The van der Waals surface area contributed by atoms with Crippen LogP contribution in [-0.4, -0.2) is 62.9 Å². The molecular formula is C77H83N3O9S. The molecule has 10 bridgehead atoms. The quantitative estimate of drug-likeness (QED) is 0.0225. The second-order valence-electron chi connectivity index (χ2n) is 27.6. The van der Waals surface area contributed by atoms with Gasteiger partial charge in [0.2, 0.25) is 5.72 Å². The molecule has 16 atom stereocenters. The molecule has 0 amide bonds. The molecule has 90 heavy (non-hydrogen) atoms. The van der Waals surface area contributed by atoms with Crippen LogP contribution >= 0.6 is 0 Å². The molecule has 0 aromatic heterocycles. The molecule has 2 saturated carbocycles. The third kappa shape index (κ3) is 11.4. The van der Waals surface area contributed by atoms with E-state index in [2.05, 4.69) is 110 Å². The van der Waals surface area contributed by atoms with Crippen LogP contribution in [0.4, 0.5) is 0 Å². The van der Waals surface area contributed by atoms with Crippen molar-refractivity contribution in [3.8, 4) is 23.3 Å². The summed E-state index contributed by atoms with van der Waals surface area (Å²) in [5, 5.41) is 48.5. The fourth-order valence-electron chi connectivity index (χ4n) is 18.1. The Kier molecular flexibility index (Phi) is 16.3. The summed E-state index contributed by atoms with van der Waals surface area (Å²) in [6.45, 7) is 2.10. The number of allylic oxidation sites excluding steroid dienone is 1. The van der Waals surface area contributed by atoms with E-state index >= 15 is 0 Å².